The van der Waals surface area contributed by atoms with Gasteiger partial charge in [0, 0.05) is 101 Å². The molecule has 0 aliphatic carbocycles. The SMILES string of the molecule is COc1cc(-c2cn(C)c(=O)c3cnccc23)cc(OC)c1CN1CCC(N(C)C(=O)C2CCN(c3ccc4c(N5CCC(=O)NC5=O)n[nH]c4c3F)CC2)CC1. The molecule has 3 aliphatic heterocycles. The summed E-state index contributed by atoms with van der Waals surface area (Å²) in [7, 11) is 6.93. The maximum Gasteiger partial charge on any atom is 0.329 e. The first-order valence-corrected chi connectivity index (χ1v) is 19.3. The number of rotatable bonds is 9. The Balaban J connectivity index is 0.881. The van der Waals surface area contributed by atoms with Gasteiger partial charge in [-0.15, -0.1) is 0 Å². The monoisotopic (exact) mass is 779 g/mol. The molecule has 5 aromatic rings. The number of pyridine rings is 2. The van der Waals surface area contributed by atoms with E-state index < -0.39 is 11.8 Å². The number of urea groups is 1. The van der Waals surface area contributed by atoms with Crippen LogP contribution in [0.4, 0.5) is 20.7 Å². The topological polar surface area (TPSA) is 158 Å². The Kier molecular flexibility index (Phi) is 10.3. The van der Waals surface area contributed by atoms with Crippen LogP contribution in [0.25, 0.3) is 32.8 Å². The summed E-state index contributed by atoms with van der Waals surface area (Å²) < 4.78 is 29.2. The fourth-order valence-electron chi connectivity index (χ4n) is 8.61. The summed E-state index contributed by atoms with van der Waals surface area (Å²) in [4.78, 5) is 62.3. The maximum absolute atomic E-state index is 15.8. The molecule has 3 fully saturated rings. The van der Waals surface area contributed by atoms with Gasteiger partial charge in [-0.05, 0) is 67.0 Å². The Bertz CT molecular complexity index is 2410. The van der Waals surface area contributed by atoms with Gasteiger partial charge in [-0.25, -0.2) is 9.18 Å². The largest absolute Gasteiger partial charge is 0.496 e. The molecular weight excluding hydrogens is 734 g/mol. The third-order valence-corrected chi connectivity index (χ3v) is 11.9. The highest BCUT2D eigenvalue weighted by Crippen LogP contribution is 2.39. The van der Waals surface area contributed by atoms with Crippen LogP contribution in [0.5, 0.6) is 11.5 Å². The number of aryl methyl sites for hydroxylation is 1. The van der Waals surface area contributed by atoms with Crippen LogP contribution >= 0.6 is 0 Å². The molecule has 0 saturated carbocycles. The number of piperidine rings is 2. The van der Waals surface area contributed by atoms with Crippen molar-refractivity contribution in [3.63, 3.8) is 0 Å². The van der Waals surface area contributed by atoms with Gasteiger partial charge in [-0.1, -0.05) is 0 Å². The van der Waals surface area contributed by atoms with E-state index >= 15 is 4.39 Å². The molecule has 2 aromatic carbocycles. The standard InChI is InChI=1S/C41H46FN9O6/c1-47-22-30(27-7-13-43-21-29(27)40(47)54)25-19-33(56-3)31(34(20-25)57-4)23-49-14-10-26(11-15-49)48(2)39(53)24-8-16-50(17-9-24)32-6-5-28-37(36(32)42)45-46-38(28)51-18-12-35(52)44-41(51)55/h5-7,13,19-22,24,26H,8-12,14-18,23H2,1-4H3,(H,45,46)(H,44,52,55). The highest BCUT2D eigenvalue weighted by molar-refractivity contribution is 6.09. The Morgan fingerprint density at radius 2 is 1.67 bits per heavy atom. The van der Waals surface area contributed by atoms with Gasteiger partial charge in [-0.2, -0.15) is 5.10 Å². The number of halogens is 1. The van der Waals surface area contributed by atoms with Crippen LogP contribution in [0, 0.1) is 11.7 Å². The number of fused-ring (bicyclic) bond motifs is 2. The van der Waals surface area contributed by atoms with E-state index in [9.17, 15) is 19.2 Å². The first-order chi connectivity index (χ1) is 27.6. The molecule has 0 spiro atoms. The number of imide groups is 1. The summed E-state index contributed by atoms with van der Waals surface area (Å²) in [5.41, 5.74) is 3.18. The molecule has 6 heterocycles. The van der Waals surface area contributed by atoms with Crippen molar-refractivity contribution in [3.05, 3.63) is 70.7 Å². The van der Waals surface area contributed by atoms with Gasteiger partial charge in [0.05, 0.1) is 30.9 Å². The molecular formula is C41H46FN9O6. The molecule has 0 radical (unpaired) electrons. The zero-order chi connectivity index (χ0) is 40.0. The van der Waals surface area contributed by atoms with Gasteiger partial charge in [-0.3, -0.25) is 39.6 Å². The van der Waals surface area contributed by atoms with Crippen molar-refractivity contribution in [2.75, 3.05) is 63.8 Å². The second-order valence-corrected chi connectivity index (χ2v) is 15.1. The van der Waals surface area contributed by atoms with Gasteiger partial charge >= 0.3 is 6.03 Å². The zero-order valence-corrected chi connectivity index (χ0v) is 32.5. The molecule has 4 amide bonds. The molecule has 0 bridgehead atoms. The van der Waals surface area contributed by atoms with Crippen molar-refractivity contribution in [1.82, 2.24) is 34.9 Å². The van der Waals surface area contributed by atoms with Crippen LogP contribution in [0.2, 0.25) is 0 Å². The van der Waals surface area contributed by atoms with Gasteiger partial charge in [0.2, 0.25) is 11.8 Å². The molecule has 16 heteroatoms. The van der Waals surface area contributed by atoms with Crippen LogP contribution in [0.1, 0.15) is 37.7 Å². The number of carbonyl (C=O) groups excluding carboxylic acids is 3. The highest BCUT2D eigenvalue weighted by Gasteiger charge is 2.34. The Hall–Kier alpha value is -6.03. The zero-order valence-electron chi connectivity index (χ0n) is 32.5. The third kappa shape index (κ3) is 7.02. The van der Waals surface area contributed by atoms with Gasteiger partial charge in [0.25, 0.3) is 5.56 Å². The lowest BCUT2D eigenvalue weighted by Crippen LogP contribution is -2.49. The summed E-state index contributed by atoms with van der Waals surface area (Å²) in [6, 6.07) is 8.79. The number of hydrogen-bond acceptors (Lipinski definition) is 10. The Morgan fingerprint density at radius 1 is 0.947 bits per heavy atom. The van der Waals surface area contributed by atoms with Crippen molar-refractivity contribution >= 4 is 51.0 Å². The lowest BCUT2D eigenvalue weighted by molar-refractivity contribution is -0.138. The number of anilines is 2. The minimum Gasteiger partial charge on any atom is -0.496 e. The number of benzene rings is 2. The van der Waals surface area contributed by atoms with E-state index in [0.29, 0.717) is 60.4 Å². The van der Waals surface area contributed by atoms with Gasteiger partial charge in [0.1, 0.15) is 17.0 Å². The van der Waals surface area contributed by atoms with Crippen LogP contribution in [0.15, 0.2) is 53.7 Å². The van der Waals surface area contributed by atoms with E-state index in [1.54, 1.807) is 50.4 Å². The van der Waals surface area contributed by atoms with Gasteiger partial charge in [0.15, 0.2) is 11.6 Å². The number of aromatic amines is 1. The molecule has 2 N–H and O–H groups in total. The number of amides is 4. The molecule has 3 aromatic heterocycles. The number of ether oxygens (including phenoxy) is 2. The smallest absolute Gasteiger partial charge is 0.329 e. The van der Waals surface area contributed by atoms with Crippen molar-refractivity contribution in [3.8, 4) is 22.6 Å². The minimum absolute atomic E-state index is 0.111. The minimum atomic E-state index is -0.581. The predicted octanol–water partition coefficient (Wildman–Crippen LogP) is 4.42. The fraction of sp³-hybridized carbons (Fsp3) is 0.415. The molecule has 15 nitrogen and oxygen atoms in total. The number of hydrogen-bond donors (Lipinski definition) is 2. The quantitative estimate of drug-likeness (QED) is 0.220. The van der Waals surface area contributed by atoms with E-state index in [1.165, 1.54) is 4.90 Å². The molecule has 0 unspecified atom stereocenters. The summed E-state index contributed by atoms with van der Waals surface area (Å²) in [5.74, 6) is 0.826. The fourth-order valence-corrected chi connectivity index (χ4v) is 8.61. The number of nitrogens with zero attached hydrogens (tertiary/aromatic N) is 7. The normalized spacial score (nSPS) is 17.4. The summed E-state index contributed by atoms with van der Waals surface area (Å²) in [6.07, 6.45) is 8.12. The van der Waals surface area contributed by atoms with Crippen molar-refractivity contribution in [2.24, 2.45) is 13.0 Å². The number of aromatic nitrogens is 4. The van der Waals surface area contributed by atoms with Crippen molar-refractivity contribution in [2.45, 2.75) is 44.7 Å². The first-order valence-electron chi connectivity index (χ1n) is 19.3. The maximum atomic E-state index is 15.8. The van der Waals surface area contributed by atoms with E-state index in [0.717, 1.165) is 48.0 Å². The lowest BCUT2D eigenvalue weighted by atomic mass is 9.93. The molecule has 3 saturated heterocycles. The predicted molar refractivity (Wildman–Crippen MR) is 213 cm³/mol. The first kappa shape index (κ1) is 37.9. The number of likely N-dealkylation sites (tertiary alicyclic amines) is 1. The average molecular weight is 780 g/mol. The van der Waals surface area contributed by atoms with Gasteiger partial charge < -0.3 is 23.8 Å². The molecule has 3 aliphatic rings. The van der Waals surface area contributed by atoms with E-state index in [4.69, 9.17) is 9.47 Å². The van der Waals surface area contributed by atoms with E-state index in [2.05, 4.69) is 25.4 Å². The lowest BCUT2D eigenvalue weighted by Gasteiger charge is -2.40. The summed E-state index contributed by atoms with van der Waals surface area (Å²) in [5, 5.41) is 11.0. The molecule has 8 rings (SSSR count). The Morgan fingerprint density at radius 3 is 2.35 bits per heavy atom. The van der Waals surface area contributed by atoms with E-state index in [-0.39, 0.29) is 53.6 Å². The van der Waals surface area contributed by atoms with E-state index in [1.807, 2.05) is 41.2 Å². The second kappa shape index (κ2) is 15.5. The van der Waals surface area contributed by atoms with Crippen molar-refractivity contribution < 1.29 is 28.2 Å². The molecule has 57 heavy (non-hydrogen) atoms. The summed E-state index contributed by atoms with van der Waals surface area (Å²) in [6.45, 7) is 3.43. The number of carbonyl (C=O) groups is 3. The van der Waals surface area contributed by atoms with Crippen LogP contribution < -0.4 is 30.1 Å². The average Bonchev–Trinajstić information content (AvgIpc) is 3.67. The van der Waals surface area contributed by atoms with Crippen LogP contribution in [-0.4, -0.2) is 107 Å². The second-order valence-electron chi connectivity index (χ2n) is 15.1. The van der Waals surface area contributed by atoms with Crippen molar-refractivity contribution in [1.29, 1.82) is 0 Å². The van der Waals surface area contributed by atoms with Crippen LogP contribution in [-0.2, 0) is 23.2 Å². The summed E-state index contributed by atoms with van der Waals surface area (Å²) >= 11 is 0. The molecule has 298 valence electrons. The third-order valence-electron chi connectivity index (χ3n) is 11.9. The number of nitrogens with one attached hydrogen (secondary N) is 2. The highest BCUT2D eigenvalue weighted by atomic mass is 19.1. The molecule has 0 atom stereocenters. The number of H-pyrrole nitrogens is 1. The Labute approximate surface area is 328 Å². The van der Waals surface area contributed by atoms with Crippen LogP contribution in [0.3, 0.4) is 0 Å². The number of methoxy groups -OCH3 is 2.